The molecule has 4 rings (SSSR count). The number of carbonyl (C=O) groups is 1. The number of hydrogen-bond donors (Lipinski definition) is 2. The minimum absolute atomic E-state index is 0.258. The lowest BCUT2D eigenvalue weighted by Crippen LogP contribution is -2.11. The highest BCUT2D eigenvalue weighted by atomic mass is 16.4. The standard InChI is InChI=1S/C23H22N4O2/c1-15(2)12-24-21-22-25-13-20(17-8-10-18(11-9-17)23(28)29)27(22)14-19(26-21)16-6-4-3-5-7-16/h3-11,13-15H,12H2,1-2H3,(H,24,26)(H,28,29). The van der Waals surface area contributed by atoms with Crippen molar-refractivity contribution in [3.63, 3.8) is 0 Å². The van der Waals surface area contributed by atoms with Crippen LogP contribution in [0.1, 0.15) is 24.2 Å². The van der Waals surface area contributed by atoms with Crippen molar-refractivity contribution in [3.05, 3.63) is 72.6 Å². The Hall–Kier alpha value is -3.67. The van der Waals surface area contributed by atoms with Gasteiger partial charge in [-0.25, -0.2) is 14.8 Å². The maximum atomic E-state index is 11.2. The lowest BCUT2D eigenvalue weighted by Gasteiger charge is -2.12. The Kier molecular flexibility index (Phi) is 4.99. The van der Waals surface area contributed by atoms with Gasteiger partial charge in [-0.1, -0.05) is 56.3 Å². The third-order valence-electron chi connectivity index (χ3n) is 4.67. The van der Waals surface area contributed by atoms with Gasteiger partial charge in [-0.2, -0.15) is 0 Å². The van der Waals surface area contributed by atoms with E-state index in [1.165, 1.54) is 0 Å². The lowest BCUT2D eigenvalue weighted by molar-refractivity contribution is 0.0697. The molecule has 0 atom stereocenters. The summed E-state index contributed by atoms with van der Waals surface area (Å²) >= 11 is 0. The molecule has 0 aliphatic carbocycles. The first kappa shape index (κ1) is 18.7. The predicted molar refractivity (Wildman–Crippen MR) is 114 cm³/mol. The van der Waals surface area contributed by atoms with Gasteiger partial charge in [-0.3, -0.25) is 4.40 Å². The molecular formula is C23H22N4O2. The molecule has 6 nitrogen and oxygen atoms in total. The molecular weight excluding hydrogens is 364 g/mol. The number of nitrogens with one attached hydrogen (secondary N) is 1. The predicted octanol–water partition coefficient (Wildman–Crippen LogP) is 4.83. The summed E-state index contributed by atoms with van der Waals surface area (Å²) in [5.41, 5.74) is 4.62. The van der Waals surface area contributed by atoms with Crippen LogP contribution in [0.2, 0.25) is 0 Å². The molecule has 0 bridgehead atoms. The molecule has 0 amide bonds. The van der Waals surface area contributed by atoms with Gasteiger partial charge in [-0.15, -0.1) is 0 Å². The van der Waals surface area contributed by atoms with Gasteiger partial charge in [0, 0.05) is 23.9 Å². The van der Waals surface area contributed by atoms with Crippen LogP contribution in [0, 0.1) is 5.92 Å². The van der Waals surface area contributed by atoms with Crippen LogP contribution >= 0.6 is 0 Å². The number of aromatic carboxylic acids is 1. The zero-order chi connectivity index (χ0) is 20.4. The average Bonchev–Trinajstić information content (AvgIpc) is 3.16. The number of rotatable bonds is 6. The molecule has 0 aliphatic rings. The molecule has 29 heavy (non-hydrogen) atoms. The third-order valence-corrected chi connectivity index (χ3v) is 4.67. The highest BCUT2D eigenvalue weighted by Gasteiger charge is 2.14. The fourth-order valence-electron chi connectivity index (χ4n) is 3.15. The van der Waals surface area contributed by atoms with Crippen LogP contribution < -0.4 is 5.32 Å². The number of fused-ring (bicyclic) bond motifs is 1. The summed E-state index contributed by atoms with van der Waals surface area (Å²) in [6.07, 6.45) is 3.76. The van der Waals surface area contributed by atoms with Crippen LogP contribution in [-0.2, 0) is 0 Å². The second kappa shape index (κ2) is 7.75. The van der Waals surface area contributed by atoms with Gasteiger partial charge in [0.05, 0.1) is 23.1 Å². The van der Waals surface area contributed by atoms with Crippen molar-refractivity contribution in [3.8, 4) is 22.5 Å². The van der Waals surface area contributed by atoms with Gasteiger partial charge in [0.1, 0.15) is 0 Å². The molecule has 0 aliphatic heterocycles. The molecule has 2 aromatic carbocycles. The van der Waals surface area contributed by atoms with E-state index in [0.717, 1.165) is 40.5 Å². The normalized spacial score (nSPS) is 11.1. The van der Waals surface area contributed by atoms with Crippen molar-refractivity contribution < 1.29 is 9.90 Å². The van der Waals surface area contributed by atoms with E-state index in [2.05, 4.69) is 24.1 Å². The second-order valence-electron chi connectivity index (χ2n) is 7.34. The van der Waals surface area contributed by atoms with E-state index in [9.17, 15) is 4.79 Å². The Morgan fingerprint density at radius 2 is 1.79 bits per heavy atom. The summed E-state index contributed by atoms with van der Waals surface area (Å²) < 4.78 is 2.01. The highest BCUT2D eigenvalue weighted by Crippen LogP contribution is 2.28. The molecule has 146 valence electrons. The van der Waals surface area contributed by atoms with Gasteiger partial charge in [0.25, 0.3) is 0 Å². The maximum Gasteiger partial charge on any atom is 0.335 e. The van der Waals surface area contributed by atoms with E-state index in [4.69, 9.17) is 10.1 Å². The van der Waals surface area contributed by atoms with Crippen LogP contribution in [0.3, 0.4) is 0 Å². The van der Waals surface area contributed by atoms with Crippen molar-refractivity contribution in [2.45, 2.75) is 13.8 Å². The zero-order valence-corrected chi connectivity index (χ0v) is 16.3. The summed E-state index contributed by atoms with van der Waals surface area (Å²) in [6, 6.07) is 16.8. The Morgan fingerprint density at radius 3 is 2.45 bits per heavy atom. The summed E-state index contributed by atoms with van der Waals surface area (Å²) in [5, 5.41) is 12.6. The number of aromatic nitrogens is 3. The molecule has 0 spiro atoms. The molecule has 2 aromatic heterocycles. The maximum absolute atomic E-state index is 11.2. The van der Waals surface area contributed by atoms with Crippen molar-refractivity contribution in [1.82, 2.24) is 14.4 Å². The van der Waals surface area contributed by atoms with Gasteiger partial charge >= 0.3 is 5.97 Å². The number of carboxylic acids is 1. The van der Waals surface area contributed by atoms with E-state index in [1.54, 1.807) is 30.5 Å². The first-order chi connectivity index (χ1) is 14.0. The number of nitrogens with zero attached hydrogens (tertiary/aromatic N) is 3. The van der Waals surface area contributed by atoms with Crippen LogP contribution in [0.15, 0.2) is 67.0 Å². The smallest absolute Gasteiger partial charge is 0.335 e. The van der Waals surface area contributed by atoms with E-state index in [1.807, 2.05) is 40.9 Å². The Morgan fingerprint density at radius 1 is 1.07 bits per heavy atom. The Bertz CT molecular complexity index is 1150. The topological polar surface area (TPSA) is 79.5 Å². The zero-order valence-electron chi connectivity index (χ0n) is 16.3. The van der Waals surface area contributed by atoms with E-state index < -0.39 is 5.97 Å². The van der Waals surface area contributed by atoms with Crippen molar-refractivity contribution in [2.75, 3.05) is 11.9 Å². The Labute approximate surface area is 168 Å². The van der Waals surface area contributed by atoms with Crippen LogP contribution in [-0.4, -0.2) is 32.0 Å². The molecule has 0 unspecified atom stereocenters. The van der Waals surface area contributed by atoms with Crippen LogP contribution in [0.25, 0.3) is 28.2 Å². The van der Waals surface area contributed by atoms with Gasteiger partial charge in [0.2, 0.25) is 0 Å². The first-order valence-electron chi connectivity index (χ1n) is 9.54. The fourth-order valence-corrected chi connectivity index (χ4v) is 3.15. The van der Waals surface area contributed by atoms with E-state index in [0.29, 0.717) is 5.92 Å². The van der Waals surface area contributed by atoms with Crippen LogP contribution in [0.4, 0.5) is 5.82 Å². The van der Waals surface area contributed by atoms with E-state index in [-0.39, 0.29) is 5.56 Å². The largest absolute Gasteiger partial charge is 0.478 e. The highest BCUT2D eigenvalue weighted by molar-refractivity contribution is 5.88. The molecule has 4 aromatic rings. The summed E-state index contributed by atoms with van der Waals surface area (Å²) in [4.78, 5) is 20.6. The molecule has 6 heteroatoms. The molecule has 0 saturated heterocycles. The van der Waals surface area contributed by atoms with E-state index >= 15 is 0 Å². The lowest BCUT2D eigenvalue weighted by atomic mass is 10.1. The summed E-state index contributed by atoms with van der Waals surface area (Å²) in [7, 11) is 0. The Balaban J connectivity index is 1.86. The summed E-state index contributed by atoms with van der Waals surface area (Å²) in [6.45, 7) is 5.08. The minimum atomic E-state index is -0.939. The van der Waals surface area contributed by atoms with Crippen molar-refractivity contribution in [2.24, 2.45) is 5.92 Å². The van der Waals surface area contributed by atoms with Gasteiger partial charge in [0.15, 0.2) is 11.5 Å². The minimum Gasteiger partial charge on any atom is -0.478 e. The first-order valence-corrected chi connectivity index (χ1v) is 9.54. The molecule has 2 heterocycles. The van der Waals surface area contributed by atoms with Crippen LogP contribution in [0.5, 0.6) is 0 Å². The SMILES string of the molecule is CC(C)CNc1nc(-c2ccccc2)cn2c(-c3ccc(C(=O)O)cc3)cnc12. The molecule has 0 radical (unpaired) electrons. The quantitative estimate of drug-likeness (QED) is 0.496. The monoisotopic (exact) mass is 386 g/mol. The second-order valence-corrected chi connectivity index (χ2v) is 7.34. The summed E-state index contributed by atoms with van der Waals surface area (Å²) in [5.74, 6) is 0.258. The molecule has 0 fully saturated rings. The van der Waals surface area contributed by atoms with Crippen molar-refractivity contribution in [1.29, 1.82) is 0 Å². The fraction of sp³-hybridized carbons (Fsp3) is 0.174. The van der Waals surface area contributed by atoms with Gasteiger partial charge < -0.3 is 10.4 Å². The number of carboxylic acid groups (broad SMARTS) is 1. The average molecular weight is 386 g/mol. The number of imidazole rings is 1. The van der Waals surface area contributed by atoms with Crippen molar-refractivity contribution >= 4 is 17.4 Å². The van der Waals surface area contributed by atoms with Gasteiger partial charge in [-0.05, 0) is 18.1 Å². The number of anilines is 1. The molecule has 0 saturated carbocycles. The molecule has 2 N–H and O–H groups in total. The number of benzene rings is 2. The third kappa shape index (κ3) is 3.82. The number of hydrogen-bond acceptors (Lipinski definition) is 4.